The molecule has 106 valence electrons. The summed E-state index contributed by atoms with van der Waals surface area (Å²) >= 11 is 0. The first kappa shape index (κ1) is 14.4. The maximum Gasteiger partial charge on any atom is 0.239 e. The number of primary sulfonamides is 1. The van der Waals surface area contributed by atoms with E-state index < -0.39 is 10.0 Å². The molecule has 2 rings (SSSR count). The van der Waals surface area contributed by atoms with E-state index in [-0.39, 0.29) is 4.90 Å². The van der Waals surface area contributed by atoms with Gasteiger partial charge in [-0.05, 0) is 23.3 Å². The number of nitrogens with two attached hydrogens (primary N) is 2. The van der Waals surface area contributed by atoms with Gasteiger partial charge in [0.05, 0.1) is 0 Å². The fourth-order valence-electron chi connectivity index (χ4n) is 1.64. The van der Waals surface area contributed by atoms with Crippen LogP contribution in [0.25, 0.3) is 0 Å². The number of aromatic nitrogens is 1. The molecule has 7 heteroatoms. The van der Waals surface area contributed by atoms with E-state index in [0.717, 1.165) is 11.1 Å². The summed E-state index contributed by atoms with van der Waals surface area (Å²) in [5, 5.41) is 8.10. The average Bonchev–Trinajstić information content (AvgIpc) is 2.45. The molecule has 2 aromatic rings. The van der Waals surface area contributed by atoms with Crippen LogP contribution in [0.4, 0.5) is 5.82 Å². The summed E-state index contributed by atoms with van der Waals surface area (Å²) in [5.74, 6) is 0.584. The lowest BCUT2D eigenvalue weighted by atomic mass is 10.1. The van der Waals surface area contributed by atoms with Crippen molar-refractivity contribution in [1.29, 1.82) is 0 Å². The Kier molecular flexibility index (Phi) is 4.33. The lowest BCUT2D eigenvalue weighted by molar-refractivity contribution is 0.597. The van der Waals surface area contributed by atoms with E-state index >= 15 is 0 Å². The van der Waals surface area contributed by atoms with Crippen molar-refractivity contribution >= 4 is 15.8 Å². The van der Waals surface area contributed by atoms with Crippen molar-refractivity contribution < 1.29 is 8.42 Å². The van der Waals surface area contributed by atoms with Gasteiger partial charge in [-0.2, -0.15) is 0 Å². The molecule has 0 unspecified atom stereocenters. The Bertz CT molecular complexity index is 667. The monoisotopic (exact) mass is 292 g/mol. The van der Waals surface area contributed by atoms with Crippen LogP contribution in [-0.4, -0.2) is 13.4 Å². The lowest BCUT2D eigenvalue weighted by Gasteiger charge is -2.07. The topological polar surface area (TPSA) is 111 Å². The second kappa shape index (κ2) is 6.00. The molecule has 0 saturated carbocycles. The van der Waals surface area contributed by atoms with Gasteiger partial charge in [-0.3, -0.25) is 0 Å². The first-order valence-electron chi connectivity index (χ1n) is 5.99. The molecule has 0 aliphatic rings. The molecule has 5 N–H and O–H groups in total. The zero-order valence-corrected chi connectivity index (χ0v) is 11.6. The molecular weight excluding hydrogens is 276 g/mol. The highest BCUT2D eigenvalue weighted by atomic mass is 32.2. The predicted octanol–water partition coefficient (Wildman–Crippen LogP) is 0.800. The molecule has 0 aliphatic carbocycles. The molecular formula is C13H16N4O2S. The van der Waals surface area contributed by atoms with Gasteiger partial charge in [-0.1, -0.05) is 24.3 Å². The normalized spacial score (nSPS) is 11.3. The fraction of sp³-hybridized carbons (Fsp3) is 0.154. The van der Waals surface area contributed by atoms with Gasteiger partial charge in [-0.15, -0.1) is 0 Å². The minimum atomic E-state index is -3.70. The van der Waals surface area contributed by atoms with Gasteiger partial charge in [0.1, 0.15) is 10.7 Å². The number of hydrogen-bond donors (Lipinski definition) is 3. The fourth-order valence-corrected chi connectivity index (χ4v) is 2.10. The molecule has 20 heavy (non-hydrogen) atoms. The second-order valence-corrected chi connectivity index (χ2v) is 5.86. The molecule has 6 nitrogen and oxygen atoms in total. The highest BCUT2D eigenvalue weighted by molar-refractivity contribution is 7.89. The van der Waals surface area contributed by atoms with E-state index in [2.05, 4.69) is 10.3 Å². The number of pyridine rings is 1. The number of benzene rings is 1. The Morgan fingerprint density at radius 1 is 1.05 bits per heavy atom. The first-order valence-corrected chi connectivity index (χ1v) is 7.54. The number of nitrogens with one attached hydrogen (secondary N) is 1. The third-order valence-corrected chi connectivity index (χ3v) is 3.70. The smallest absolute Gasteiger partial charge is 0.239 e. The molecule has 0 radical (unpaired) electrons. The van der Waals surface area contributed by atoms with Crippen LogP contribution in [0.5, 0.6) is 0 Å². The summed E-state index contributed by atoms with van der Waals surface area (Å²) in [6, 6.07) is 10.9. The van der Waals surface area contributed by atoms with Gasteiger partial charge in [0.2, 0.25) is 10.0 Å². The van der Waals surface area contributed by atoms with Gasteiger partial charge in [-0.25, -0.2) is 18.5 Å². The van der Waals surface area contributed by atoms with Crippen LogP contribution >= 0.6 is 0 Å². The maximum atomic E-state index is 11.1. The Hall–Kier alpha value is -1.96. The van der Waals surface area contributed by atoms with Crippen LogP contribution < -0.4 is 16.2 Å². The number of nitrogens with zero attached hydrogens (tertiary/aromatic N) is 1. The van der Waals surface area contributed by atoms with Crippen LogP contribution in [0.1, 0.15) is 11.1 Å². The number of anilines is 1. The van der Waals surface area contributed by atoms with Crippen molar-refractivity contribution in [1.82, 2.24) is 4.98 Å². The molecule has 1 heterocycles. The zero-order chi connectivity index (χ0) is 14.6. The van der Waals surface area contributed by atoms with Crippen LogP contribution in [0.3, 0.4) is 0 Å². The van der Waals surface area contributed by atoms with E-state index in [9.17, 15) is 8.42 Å². The van der Waals surface area contributed by atoms with Gasteiger partial charge >= 0.3 is 0 Å². The third kappa shape index (κ3) is 3.77. The van der Waals surface area contributed by atoms with Crippen molar-refractivity contribution in [2.45, 2.75) is 18.0 Å². The highest BCUT2D eigenvalue weighted by Crippen LogP contribution is 2.11. The lowest BCUT2D eigenvalue weighted by Crippen LogP contribution is -2.12. The minimum absolute atomic E-state index is 0.00431. The molecule has 0 atom stereocenters. The molecule has 0 spiro atoms. The largest absolute Gasteiger partial charge is 0.366 e. The number of rotatable bonds is 5. The molecule has 1 aromatic carbocycles. The molecule has 0 aliphatic heterocycles. The zero-order valence-electron chi connectivity index (χ0n) is 10.8. The summed E-state index contributed by atoms with van der Waals surface area (Å²) in [7, 11) is -3.70. The van der Waals surface area contributed by atoms with Crippen molar-refractivity contribution in [3.8, 4) is 0 Å². The van der Waals surface area contributed by atoms with Crippen molar-refractivity contribution in [3.63, 3.8) is 0 Å². The summed E-state index contributed by atoms with van der Waals surface area (Å²) in [4.78, 5) is 4.00. The van der Waals surface area contributed by atoms with Gasteiger partial charge in [0.25, 0.3) is 0 Å². The average molecular weight is 292 g/mol. The maximum absolute atomic E-state index is 11.1. The third-order valence-electron chi connectivity index (χ3n) is 2.80. The Morgan fingerprint density at radius 3 is 2.20 bits per heavy atom. The Labute approximate surface area is 117 Å². The predicted molar refractivity (Wildman–Crippen MR) is 77.3 cm³/mol. The Morgan fingerprint density at radius 2 is 1.70 bits per heavy atom. The number of hydrogen-bond acceptors (Lipinski definition) is 5. The first-order chi connectivity index (χ1) is 9.49. The van der Waals surface area contributed by atoms with Gasteiger partial charge < -0.3 is 11.1 Å². The standard InChI is InChI=1S/C13H16N4O2S/c14-7-10-1-3-11(4-2-10)8-16-13-6-5-12(9-17-13)20(15,18)19/h1-6,9H,7-8,14H2,(H,16,17)(H2,15,18,19). The van der Waals surface area contributed by atoms with E-state index in [4.69, 9.17) is 10.9 Å². The quantitative estimate of drug-likeness (QED) is 0.754. The molecule has 0 saturated heterocycles. The van der Waals surface area contributed by atoms with E-state index in [1.165, 1.54) is 12.3 Å². The summed E-state index contributed by atoms with van der Waals surface area (Å²) in [6.45, 7) is 1.11. The highest BCUT2D eigenvalue weighted by Gasteiger charge is 2.07. The summed E-state index contributed by atoms with van der Waals surface area (Å²) in [5.41, 5.74) is 7.69. The van der Waals surface area contributed by atoms with Crippen LogP contribution in [-0.2, 0) is 23.1 Å². The van der Waals surface area contributed by atoms with Crippen molar-refractivity contribution in [2.24, 2.45) is 10.9 Å². The second-order valence-electron chi connectivity index (χ2n) is 4.30. The van der Waals surface area contributed by atoms with Crippen LogP contribution in [0.2, 0.25) is 0 Å². The van der Waals surface area contributed by atoms with Crippen molar-refractivity contribution in [2.75, 3.05) is 5.32 Å². The molecule has 0 bridgehead atoms. The van der Waals surface area contributed by atoms with Gasteiger partial charge in [0, 0.05) is 19.3 Å². The van der Waals surface area contributed by atoms with Gasteiger partial charge in [0.15, 0.2) is 0 Å². The Balaban J connectivity index is 2.00. The number of sulfonamides is 1. The summed E-state index contributed by atoms with van der Waals surface area (Å²) in [6.07, 6.45) is 1.23. The summed E-state index contributed by atoms with van der Waals surface area (Å²) < 4.78 is 22.2. The van der Waals surface area contributed by atoms with E-state index in [0.29, 0.717) is 18.9 Å². The molecule has 0 amide bonds. The van der Waals surface area contributed by atoms with E-state index in [1.54, 1.807) is 6.07 Å². The van der Waals surface area contributed by atoms with Crippen LogP contribution in [0.15, 0.2) is 47.5 Å². The molecule has 0 fully saturated rings. The van der Waals surface area contributed by atoms with Crippen molar-refractivity contribution in [3.05, 3.63) is 53.7 Å². The van der Waals surface area contributed by atoms with Crippen LogP contribution in [0, 0.1) is 0 Å². The van der Waals surface area contributed by atoms with E-state index in [1.807, 2.05) is 24.3 Å². The SMILES string of the molecule is NCc1ccc(CNc2ccc(S(N)(=O)=O)cn2)cc1. The minimum Gasteiger partial charge on any atom is -0.366 e. The molecule has 1 aromatic heterocycles.